The van der Waals surface area contributed by atoms with E-state index >= 15 is 0 Å². The summed E-state index contributed by atoms with van der Waals surface area (Å²) in [7, 11) is 0. The molecule has 2 aromatic carbocycles. The van der Waals surface area contributed by atoms with E-state index in [0.29, 0.717) is 19.5 Å². The Kier molecular flexibility index (Phi) is 5.33. The van der Waals surface area contributed by atoms with Crippen LogP contribution in [0.25, 0.3) is 0 Å². The van der Waals surface area contributed by atoms with E-state index in [1.165, 1.54) is 0 Å². The van der Waals surface area contributed by atoms with Gasteiger partial charge >= 0.3 is 0 Å². The van der Waals surface area contributed by atoms with Crippen molar-refractivity contribution in [3.05, 3.63) is 59.7 Å². The fraction of sp³-hybridized carbons (Fsp3) is 0.316. The maximum absolute atomic E-state index is 12.0. The van der Waals surface area contributed by atoms with Crippen molar-refractivity contribution in [1.82, 2.24) is 10.6 Å². The molecule has 24 heavy (non-hydrogen) atoms. The molecular formula is C19H22N2O3. The SMILES string of the molecule is C[C@H](NC(=O)CCNCc1ccc2c(c1)OCO2)c1ccccc1. The van der Waals surface area contributed by atoms with E-state index in [9.17, 15) is 4.79 Å². The van der Waals surface area contributed by atoms with E-state index in [1.807, 2.05) is 55.5 Å². The zero-order chi connectivity index (χ0) is 16.8. The number of hydrogen-bond acceptors (Lipinski definition) is 4. The molecule has 1 amide bonds. The quantitative estimate of drug-likeness (QED) is 0.768. The molecular weight excluding hydrogens is 304 g/mol. The van der Waals surface area contributed by atoms with Crippen LogP contribution in [0.3, 0.4) is 0 Å². The second-order valence-electron chi connectivity index (χ2n) is 5.81. The van der Waals surface area contributed by atoms with E-state index < -0.39 is 0 Å². The Hall–Kier alpha value is -2.53. The third-order valence-corrected chi connectivity index (χ3v) is 3.97. The first-order valence-electron chi connectivity index (χ1n) is 8.16. The number of amides is 1. The minimum atomic E-state index is 0.0209. The number of ether oxygens (including phenoxy) is 2. The topological polar surface area (TPSA) is 59.6 Å². The van der Waals surface area contributed by atoms with Gasteiger partial charge in [0.05, 0.1) is 6.04 Å². The molecule has 3 rings (SSSR count). The summed E-state index contributed by atoms with van der Waals surface area (Å²) in [6.07, 6.45) is 0.446. The van der Waals surface area contributed by atoms with Gasteiger partial charge in [0.2, 0.25) is 12.7 Å². The van der Waals surface area contributed by atoms with Gasteiger partial charge in [0.1, 0.15) is 0 Å². The highest BCUT2D eigenvalue weighted by atomic mass is 16.7. The Bertz CT molecular complexity index is 688. The van der Waals surface area contributed by atoms with Gasteiger partial charge < -0.3 is 20.1 Å². The van der Waals surface area contributed by atoms with E-state index in [2.05, 4.69) is 10.6 Å². The fourth-order valence-electron chi connectivity index (χ4n) is 2.62. The summed E-state index contributed by atoms with van der Waals surface area (Å²) >= 11 is 0. The van der Waals surface area contributed by atoms with Crippen LogP contribution in [0.5, 0.6) is 11.5 Å². The van der Waals surface area contributed by atoms with Crippen molar-refractivity contribution in [2.75, 3.05) is 13.3 Å². The van der Waals surface area contributed by atoms with Crippen molar-refractivity contribution in [2.45, 2.75) is 25.9 Å². The van der Waals surface area contributed by atoms with Gasteiger partial charge in [-0.3, -0.25) is 4.79 Å². The normalized spacial score (nSPS) is 13.5. The van der Waals surface area contributed by atoms with Crippen molar-refractivity contribution in [3.8, 4) is 11.5 Å². The highest BCUT2D eigenvalue weighted by Gasteiger charge is 2.13. The number of fused-ring (bicyclic) bond motifs is 1. The molecule has 0 bridgehead atoms. The van der Waals surface area contributed by atoms with Gasteiger partial charge in [-0.1, -0.05) is 36.4 Å². The minimum absolute atomic E-state index is 0.0209. The molecule has 2 aromatic rings. The third kappa shape index (κ3) is 4.26. The molecule has 0 saturated carbocycles. The Morgan fingerprint density at radius 1 is 1.12 bits per heavy atom. The summed E-state index contributed by atoms with van der Waals surface area (Å²) < 4.78 is 10.6. The van der Waals surface area contributed by atoms with Crippen LogP contribution >= 0.6 is 0 Å². The molecule has 0 fully saturated rings. The van der Waals surface area contributed by atoms with Crippen molar-refractivity contribution >= 4 is 5.91 Å². The Labute approximate surface area is 142 Å². The van der Waals surface area contributed by atoms with Crippen LogP contribution in [-0.2, 0) is 11.3 Å². The van der Waals surface area contributed by atoms with Crippen LogP contribution in [-0.4, -0.2) is 19.2 Å². The maximum atomic E-state index is 12.0. The summed E-state index contributed by atoms with van der Waals surface area (Å²) in [5, 5.41) is 6.29. The highest BCUT2D eigenvalue weighted by molar-refractivity contribution is 5.76. The highest BCUT2D eigenvalue weighted by Crippen LogP contribution is 2.32. The molecule has 2 N–H and O–H groups in total. The lowest BCUT2D eigenvalue weighted by Crippen LogP contribution is -2.29. The van der Waals surface area contributed by atoms with Crippen LogP contribution in [0.15, 0.2) is 48.5 Å². The third-order valence-electron chi connectivity index (χ3n) is 3.97. The molecule has 1 atom stereocenters. The summed E-state index contributed by atoms with van der Waals surface area (Å²) in [5.74, 6) is 1.61. The van der Waals surface area contributed by atoms with Crippen LogP contribution < -0.4 is 20.1 Å². The largest absolute Gasteiger partial charge is 0.454 e. The predicted octanol–water partition coefficient (Wildman–Crippen LogP) is 2.77. The van der Waals surface area contributed by atoms with Crippen molar-refractivity contribution in [1.29, 1.82) is 0 Å². The number of hydrogen-bond donors (Lipinski definition) is 2. The van der Waals surface area contributed by atoms with E-state index in [0.717, 1.165) is 22.6 Å². The zero-order valence-electron chi connectivity index (χ0n) is 13.7. The molecule has 1 aliphatic heterocycles. The summed E-state index contributed by atoms with van der Waals surface area (Å²) in [6.45, 7) is 3.60. The van der Waals surface area contributed by atoms with Crippen molar-refractivity contribution in [2.24, 2.45) is 0 Å². The molecule has 0 saturated heterocycles. The van der Waals surface area contributed by atoms with Crippen molar-refractivity contribution < 1.29 is 14.3 Å². The molecule has 0 aliphatic carbocycles. The van der Waals surface area contributed by atoms with Crippen LogP contribution in [0.4, 0.5) is 0 Å². The molecule has 5 nitrogen and oxygen atoms in total. The van der Waals surface area contributed by atoms with Gasteiger partial charge in [-0.25, -0.2) is 0 Å². The second kappa shape index (κ2) is 7.84. The lowest BCUT2D eigenvalue weighted by atomic mass is 10.1. The van der Waals surface area contributed by atoms with Gasteiger partial charge in [-0.05, 0) is 30.2 Å². The number of benzene rings is 2. The molecule has 0 aromatic heterocycles. The van der Waals surface area contributed by atoms with Gasteiger partial charge in [0, 0.05) is 19.5 Å². The summed E-state index contributed by atoms with van der Waals surface area (Å²) in [5.41, 5.74) is 2.22. The molecule has 1 heterocycles. The molecule has 0 spiro atoms. The second-order valence-corrected chi connectivity index (χ2v) is 5.81. The molecule has 1 aliphatic rings. The number of nitrogens with one attached hydrogen (secondary N) is 2. The standard InChI is InChI=1S/C19H22N2O3/c1-14(16-5-3-2-4-6-16)21-19(22)9-10-20-12-15-7-8-17-18(11-15)24-13-23-17/h2-8,11,14,20H,9-10,12-13H2,1H3,(H,21,22)/t14-/m0/s1. The zero-order valence-corrected chi connectivity index (χ0v) is 13.7. The molecule has 5 heteroatoms. The van der Waals surface area contributed by atoms with E-state index in [4.69, 9.17) is 9.47 Å². The van der Waals surface area contributed by atoms with Crippen molar-refractivity contribution in [3.63, 3.8) is 0 Å². The minimum Gasteiger partial charge on any atom is -0.454 e. The van der Waals surface area contributed by atoms with Crippen LogP contribution in [0, 0.1) is 0 Å². The smallest absolute Gasteiger partial charge is 0.231 e. The van der Waals surface area contributed by atoms with Gasteiger partial charge in [0.25, 0.3) is 0 Å². The number of rotatable bonds is 7. The first-order valence-corrected chi connectivity index (χ1v) is 8.16. The average Bonchev–Trinajstić information content (AvgIpc) is 3.07. The maximum Gasteiger partial charge on any atom is 0.231 e. The first kappa shape index (κ1) is 16.3. The molecule has 126 valence electrons. The monoisotopic (exact) mass is 326 g/mol. The summed E-state index contributed by atoms with van der Waals surface area (Å²) in [4.78, 5) is 12.0. The number of carbonyl (C=O) groups is 1. The van der Waals surface area contributed by atoms with Crippen LogP contribution in [0.1, 0.15) is 30.5 Å². The van der Waals surface area contributed by atoms with E-state index in [1.54, 1.807) is 0 Å². The lowest BCUT2D eigenvalue weighted by Gasteiger charge is -2.14. The Morgan fingerprint density at radius 3 is 2.75 bits per heavy atom. The first-order chi connectivity index (χ1) is 11.7. The summed E-state index contributed by atoms with van der Waals surface area (Å²) in [6, 6.07) is 15.9. The Balaban J connectivity index is 1.38. The molecule has 0 unspecified atom stereocenters. The Morgan fingerprint density at radius 2 is 1.92 bits per heavy atom. The van der Waals surface area contributed by atoms with Crippen LogP contribution in [0.2, 0.25) is 0 Å². The van der Waals surface area contributed by atoms with E-state index in [-0.39, 0.29) is 18.7 Å². The fourth-order valence-corrected chi connectivity index (χ4v) is 2.62. The lowest BCUT2D eigenvalue weighted by molar-refractivity contribution is -0.121. The van der Waals surface area contributed by atoms with Gasteiger partial charge in [-0.2, -0.15) is 0 Å². The average molecular weight is 326 g/mol. The molecule has 0 radical (unpaired) electrons. The predicted molar refractivity (Wildman–Crippen MR) is 91.9 cm³/mol. The van der Waals surface area contributed by atoms with Gasteiger partial charge in [-0.15, -0.1) is 0 Å². The van der Waals surface area contributed by atoms with Gasteiger partial charge in [0.15, 0.2) is 11.5 Å². The number of carbonyl (C=O) groups excluding carboxylic acids is 1.